The molecule has 0 aromatic carbocycles. The van der Waals surface area contributed by atoms with Crippen molar-refractivity contribution in [3.8, 4) is 0 Å². The van der Waals surface area contributed by atoms with Crippen LogP contribution in [-0.4, -0.2) is 37.4 Å². The topological polar surface area (TPSA) is 65.9 Å². The number of nitrogens with zero attached hydrogens (tertiary/aromatic N) is 3. The number of aryl methyl sites for hydroxylation is 1. The summed E-state index contributed by atoms with van der Waals surface area (Å²) in [4.78, 5) is 25.0. The summed E-state index contributed by atoms with van der Waals surface area (Å²) in [6, 6.07) is 4.04. The van der Waals surface area contributed by atoms with Crippen molar-refractivity contribution in [3.05, 3.63) is 47.7 Å². The van der Waals surface area contributed by atoms with E-state index >= 15 is 0 Å². The third-order valence-electron chi connectivity index (χ3n) is 4.57. The number of aliphatic carboxylic acids is 1. The Morgan fingerprint density at radius 1 is 1.46 bits per heavy atom. The van der Waals surface area contributed by atoms with Crippen molar-refractivity contribution in [3.63, 3.8) is 0 Å². The maximum Gasteiger partial charge on any atom is 0.352 e. The molecule has 24 heavy (non-hydrogen) atoms. The second-order valence-electron chi connectivity index (χ2n) is 6.07. The van der Waals surface area contributed by atoms with Gasteiger partial charge in [0.2, 0.25) is 5.91 Å². The molecule has 7 heteroatoms. The van der Waals surface area contributed by atoms with Gasteiger partial charge >= 0.3 is 5.97 Å². The molecule has 4 heterocycles. The molecule has 0 unspecified atom stereocenters. The van der Waals surface area contributed by atoms with E-state index in [1.807, 2.05) is 35.3 Å². The molecular weight excluding hydrogens is 326 g/mol. The molecule has 1 atom stereocenters. The maximum absolute atomic E-state index is 11.8. The molecule has 0 aliphatic carbocycles. The Hall–Kier alpha value is -2.28. The van der Waals surface area contributed by atoms with E-state index in [2.05, 4.69) is 11.3 Å². The average Bonchev–Trinajstić information content (AvgIpc) is 3.02. The van der Waals surface area contributed by atoms with E-state index in [1.165, 1.54) is 4.90 Å². The lowest BCUT2D eigenvalue weighted by Crippen LogP contribution is -2.54. The van der Waals surface area contributed by atoms with E-state index in [9.17, 15) is 14.7 Å². The number of β-lactam (4-membered cyclic amide) rings is 1. The van der Waals surface area contributed by atoms with Gasteiger partial charge in [0, 0.05) is 17.5 Å². The van der Waals surface area contributed by atoms with Crippen molar-refractivity contribution in [1.29, 1.82) is 0 Å². The summed E-state index contributed by atoms with van der Waals surface area (Å²) in [5, 5.41) is 9.59. The molecule has 124 valence electrons. The van der Waals surface area contributed by atoms with Crippen molar-refractivity contribution >= 4 is 29.2 Å². The van der Waals surface area contributed by atoms with Gasteiger partial charge in [-0.1, -0.05) is 6.92 Å². The number of carbonyl (C=O) groups excluding carboxylic acids is 1. The first-order valence-corrected chi connectivity index (χ1v) is 9.01. The van der Waals surface area contributed by atoms with Crippen LogP contribution in [0.25, 0.3) is 5.52 Å². The van der Waals surface area contributed by atoms with E-state index in [0.29, 0.717) is 18.7 Å². The monoisotopic (exact) mass is 344 g/mol. The van der Waals surface area contributed by atoms with Crippen LogP contribution >= 0.6 is 11.8 Å². The fourth-order valence-corrected chi connectivity index (χ4v) is 4.65. The van der Waals surface area contributed by atoms with E-state index < -0.39 is 5.97 Å². The van der Waals surface area contributed by atoms with Gasteiger partial charge in [0.05, 0.1) is 17.5 Å². The minimum Gasteiger partial charge on any atom is -0.477 e. The van der Waals surface area contributed by atoms with Crippen LogP contribution in [0, 0.1) is 0 Å². The van der Waals surface area contributed by atoms with Gasteiger partial charge in [-0.05, 0) is 18.6 Å². The number of fused-ring (bicyclic) bond motifs is 2. The van der Waals surface area contributed by atoms with Crippen LogP contribution in [0.1, 0.15) is 19.0 Å². The molecule has 0 saturated carbocycles. The molecule has 4 rings (SSSR count). The molecule has 0 radical (unpaired) electrons. The Balaban J connectivity index is 1.74. The third kappa shape index (κ3) is 2.31. The number of thioether (sulfide) groups is 1. The lowest BCUT2D eigenvalue weighted by Gasteiger charge is -2.43. The third-order valence-corrected chi connectivity index (χ3v) is 5.85. The van der Waals surface area contributed by atoms with Gasteiger partial charge in [0.25, 0.3) is 0 Å². The molecule has 1 saturated heterocycles. The lowest BCUT2D eigenvalue weighted by molar-refractivity contribution is -0.688. The number of rotatable bonds is 4. The molecule has 6 nitrogen and oxygen atoms in total. The summed E-state index contributed by atoms with van der Waals surface area (Å²) in [7, 11) is 0. The van der Waals surface area contributed by atoms with Crippen molar-refractivity contribution in [2.24, 2.45) is 0 Å². The predicted molar refractivity (Wildman–Crippen MR) is 89.3 cm³/mol. The number of hydrogen-bond acceptors (Lipinski definition) is 3. The maximum atomic E-state index is 11.8. The second-order valence-corrected chi connectivity index (χ2v) is 7.24. The zero-order valence-electron chi connectivity index (χ0n) is 13.3. The number of hydrogen-bond donors (Lipinski definition) is 1. The van der Waals surface area contributed by atoms with Gasteiger partial charge in [-0.25, -0.2) is 4.79 Å². The number of aromatic nitrogens is 2. The molecule has 2 aromatic heterocycles. The number of amides is 1. The van der Waals surface area contributed by atoms with Crippen LogP contribution in [0.2, 0.25) is 0 Å². The van der Waals surface area contributed by atoms with Gasteiger partial charge in [-0.2, -0.15) is 4.57 Å². The fourth-order valence-electron chi connectivity index (χ4n) is 3.39. The highest BCUT2D eigenvalue weighted by atomic mass is 32.2. The van der Waals surface area contributed by atoms with Crippen LogP contribution < -0.4 is 4.57 Å². The molecular formula is C17H18N3O3S+. The van der Waals surface area contributed by atoms with Crippen LogP contribution in [-0.2, 0) is 22.6 Å². The number of carboxylic acids is 1. The SMILES string of the molecule is CCc1c[n+](CC2=C(C(=O)O)N3C(=O)C[C@@H]3SC2)cc2cccn12. The number of carbonyl (C=O) groups is 2. The van der Waals surface area contributed by atoms with Crippen molar-refractivity contribution in [2.45, 2.75) is 31.7 Å². The second kappa shape index (κ2) is 5.66. The zero-order valence-corrected chi connectivity index (χ0v) is 14.1. The van der Waals surface area contributed by atoms with Crippen molar-refractivity contribution < 1.29 is 19.3 Å². The smallest absolute Gasteiger partial charge is 0.352 e. The van der Waals surface area contributed by atoms with Crippen molar-refractivity contribution in [2.75, 3.05) is 5.75 Å². The normalized spacial score (nSPS) is 20.3. The quantitative estimate of drug-likeness (QED) is 0.673. The summed E-state index contributed by atoms with van der Waals surface area (Å²) in [5.74, 6) is -0.455. The highest BCUT2D eigenvalue weighted by Crippen LogP contribution is 2.39. The number of carboxylic acid groups (broad SMARTS) is 1. The predicted octanol–water partition coefficient (Wildman–Crippen LogP) is 1.43. The first-order chi connectivity index (χ1) is 11.6. The molecule has 2 aliphatic heterocycles. The molecule has 1 N–H and O–H groups in total. The zero-order chi connectivity index (χ0) is 16.8. The van der Waals surface area contributed by atoms with Gasteiger partial charge < -0.3 is 9.51 Å². The summed E-state index contributed by atoms with van der Waals surface area (Å²) in [6.07, 6.45) is 7.42. The summed E-state index contributed by atoms with van der Waals surface area (Å²) in [5.41, 5.74) is 3.21. The van der Waals surface area contributed by atoms with Crippen LogP contribution in [0.4, 0.5) is 0 Å². The summed E-state index contributed by atoms with van der Waals surface area (Å²) in [6.45, 7) is 2.58. The Labute approximate surface area is 143 Å². The molecule has 1 amide bonds. The fraction of sp³-hybridized carbons (Fsp3) is 0.353. The lowest BCUT2D eigenvalue weighted by atomic mass is 10.1. The van der Waals surface area contributed by atoms with E-state index in [4.69, 9.17) is 0 Å². The van der Waals surface area contributed by atoms with E-state index in [-0.39, 0.29) is 17.0 Å². The minimum atomic E-state index is -1.01. The van der Waals surface area contributed by atoms with Gasteiger partial charge in [-0.15, -0.1) is 11.8 Å². The molecule has 0 spiro atoms. The van der Waals surface area contributed by atoms with Crippen LogP contribution in [0.15, 0.2) is 42.0 Å². The van der Waals surface area contributed by atoms with Crippen molar-refractivity contribution in [1.82, 2.24) is 9.30 Å². The van der Waals surface area contributed by atoms with Crippen LogP contribution in [0.5, 0.6) is 0 Å². The van der Waals surface area contributed by atoms with Crippen LogP contribution in [0.3, 0.4) is 0 Å². The minimum absolute atomic E-state index is 0.00309. The Morgan fingerprint density at radius 3 is 3.00 bits per heavy atom. The first-order valence-electron chi connectivity index (χ1n) is 7.96. The molecule has 0 bridgehead atoms. The summed E-state index contributed by atoms with van der Waals surface area (Å²) < 4.78 is 4.16. The Kier molecular flexibility index (Phi) is 3.60. The average molecular weight is 344 g/mol. The molecule has 2 aliphatic rings. The molecule has 2 aromatic rings. The Morgan fingerprint density at radius 2 is 2.29 bits per heavy atom. The van der Waals surface area contributed by atoms with Gasteiger partial charge in [0.15, 0.2) is 18.9 Å². The largest absolute Gasteiger partial charge is 0.477 e. The molecule has 1 fully saturated rings. The van der Waals surface area contributed by atoms with E-state index in [1.54, 1.807) is 11.8 Å². The Bertz CT molecular complexity index is 886. The van der Waals surface area contributed by atoms with Gasteiger partial charge in [-0.3, -0.25) is 9.69 Å². The van der Waals surface area contributed by atoms with Gasteiger partial charge in [0.1, 0.15) is 11.2 Å². The highest BCUT2D eigenvalue weighted by Gasteiger charge is 2.45. The standard InChI is InChI=1S/C17H17N3O3S/c1-2-12-8-18(9-13-4-3-5-19(12)13)7-11-10-24-15-6-14(21)20(15)16(11)17(22)23/h3-5,8-9,15H,2,6-7,10H2,1H3/p+1/t15-/m0/s1. The highest BCUT2D eigenvalue weighted by molar-refractivity contribution is 8.00. The van der Waals surface area contributed by atoms with E-state index in [0.717, 1.165) is 23.2 Å². The first kappa shape index (κ1) is 15.3. The summed E-state index contributed by atoms with van der Waals surface area (Å²) >= 11 is 1.65.